The highest BCUT2D eigenvalue weighted by Gasteiger charge is 2.62. The van der Waals surface area contributed by atoms with Gasteiger partial charge in [-0.3, -0.25) is 4.79 Å². The average molecular weight is 434 g/mol. The molecule has 0 amide bonds. The number of esters is 1. The minimum absolute atomic E-state index is 0.0569. The fourth-order valence-corrected chi connectivity index (χ4v) is 6.81. The van der Waals surface area contributed by atoms with Crippen molar-refractivity contribution in [2.45, 2.75) is 56.8 Å². The number of hydrogen-bond acceptors (Lipinski definition) is 4. The Kier molecular flexibility index (Phi) is 4.35. The monoisotopic (exact) mass is 434 g/mol. The largest absolute Gasteiger partial charge is 0.456 e. The van der Waals surface area contributed by atoms with Crippen molar-refractivity contribution in [3.63, 3.8) is 0 Å². The summed E-state index contributed by atoms with van der Waals surface area (Å²) < 4.78 is 59.0. The van der Waals surface area contributed by atoms with Gasteiger partial charge in [-0.25, -0.2) is 0 Å². The van der Waals surface area contributed by atoms with E-state index in [4.69, 9.17) is 14.2 Å². The van der Waals surface area contributed by atoms with Gasteiger partial charge in [0.25, 0.3) is 0 Å². The van der Waals surface area contributed by atoms with Crippen molar-refractivity contribution < 1.29 is 32.2 Å². The van der Waals surface area contributed by atoms with E-state index >= 15 is 0 Å². The van der Waals surface area contributed by atoms with Crippen LogP contribution in [0, 0.1) is 29.1 Å². The zero-order chi connectivity index (χ0) is 21.4. The second-order valence-corrected chi connectivity index (χ2v) is 9.87. The second-order valence-electron chi connectivity index (χ2n) is 9.87. The lowest BCUT2D eigenvalue weighted by Crippen LogP contribution is -2.55. The van der Waals surface area contributed by atoms with Crippen molar-refractivity contribution in [1.29, 1.82) is 0 Å². The van der Waals surface area contributed by atoms with Gasteiger partial charge < -0.3 is 14.2 Å². The standard InChI is InChI=1S/C24H25F3O4/c25-24(26,27)19-15-6-5-14(9-15)18(19)21(28)31-20-22-29-12-17(30-22)11-23(20)8-7-13-3-1-2-4-16(13)10-23/h1-6,14-15,17-20,22H,7-12H2/t14?,15?,17-,18?,19?,20+,22+,23-/m0/s1. The van der Waals surface area contributed by atoms with Gasteiger partial charge in [-0.2, -0.15) is 13.2 Å². The van der Waals surface area contributed by atoms with E-state index in [1.807, 2.05) is 12.1 Å². The summed E-state index contributed by atoms with van der Waals surface area (Å²) in [5.41, 5.74) is 2.13. The number of aryl methyl sites for hydroxylation is 1. The molecule has 1 aromatic carbocycles. The van der Waals surface area contributed by atoms with Gasteiger partial charge in [0.2, 0.25) is 0 Å². The molecule has 8 atom stereocenters. The van der Waals surface area contributed by atoms with E-state index in [0.29, 0.717) is 19.4 Å². The highest BCUT2D eigenvalue weighted by Crippen LogP contribution is 2.56. The summed E-state index contributed by atoms with van der Waals surface area (Å²) in [4.78, 5) is 13.2. The number of carbonyl (C=O) groups excluding carboxylic acids is 1. The van der Waals surface area contributed by atoms with E-state index in [0.717, 1.165) is 19.3 Å². The molecule has 4 bridgehead atoms. The molecule has 6 rings (SSSR count). The van der Waals surface area contributed by atoms with Gasteiger partial charge in [0.05, 0.1) is 24.5 Å². The number of alkyl halides is 3. The SMILES string of the molecule is O=C(O[C@@H]1[C@@H]2OC[C@H](C[C@@]13CCc1ccccc1C3)O2)C1C2C=CC(C2)C1C(F)(F)F. The summed E-state index contributed by atoms with van der Waals surface area (Å²) in [5.74, 6) is -4.64. The van der Waals surface area contributed by atoms with Gasteiger partial charge in [-0.1, -0.05) is 36.4 Å². The third kappa shape index (κ3) is 3.07. The first-order valence-corrected chi connectivity index (χ1v) is 11.1. The van der Waals surface area contributed by atoms with Crippen LogP contribution in [0.5, 0.6) is 0 Å². The smallest absolute Gasteiger partial charge is 0.393 e. The normalized spacial score (nSPS) is 42.7. The Labute approximate surface area is 178 Å². The molecule has 0 radical (unpaired) electrons. The maximum Gasteiger partial charge on any atom is 0.393 e. The van der Waals surface area contributed by atoms with Crippen LogP contribution < -0.4 is 0 Å². The van der Waals surface area contributed by atoms with Crippen LogP contribution in [-0.4, -0.2) is 37.3 Å². The number of rotatable bonds is 2. The summed E-state index contributed by atoms with van der Waals surface area (Å²) in [6.45, 7) is 0.435. The van der Waals surface area contributed by atoms with E-state index in [9.17, 15) is 18.0 Å². The minimum atomic E-state index is -4.42. The Bertz CT molecular complexity index is 928. The Morgan fingerprint density at radius 3 is 2.71 bits per heavy atom. The number of hydrogen-bond donors (Lipinski definition) is 0. The van der Waals surface area contributed by atoms with Gasteiger partial charge in [0.1, 0.15) is 0 Å². The quantitative estimate of drug-likeness (QED) is 0.517. The van der Waals surface area contributed by atoms with Crippen LogP contribution in [0.15, 0.2) is 36.4 Å². The Balaban J connectivity index is 1.30. The van der Waals surface area contributed by atoms with Crippen LogP contribution >= 0.6 is 0 Å². The van der Waals surface area contributed by atoms with Gasteiger partial charge in [0, 0.05) is 5.41 Å². The maximum atomic E-state index is 13.8. The van der Waals surface area contributed by atoms with E-state index in [-0.39, 0.29) is 11.5 Å². The van der Waals surface area contributed by atoms with E-state index < -0.39 is 48.2 Å². The molecule has 31 heavy (non-hydrogen) atoms. The Hall–Kier alpha value is -1.86. The predicted molar refractivity (Wildman–Crippen MR) is 104 cm³/mol. The zero-order valence-corrected chi connectivity index (χ0v) is 17.0. The molecule has 2 saturated heterocycles. The summed E-state index contributed by atoms with van der Waals surface area (Å²) >= 11 is 0. The molecule has 4 nitrogen and oxygen atoms in total. The third-order valence-corrected chi connectivity index (χ3v) is 8.16. The van der Waals surface area contributed by atoms with Crippen molar-refractivity contribution in [1.82, 2.24) is 0 Å². The van der Waals surface area contributed by atoms with Crippen LogP contribution in [0.2, 0.25) is 0 Å². The summed E-state index contributed by atoms with van der Waals surface area (Å²) in [6.07, 6.45) is 0.931. The van der Waals surface area contributed by atoms with Gasteiger partial charge in [-0.15, -0.1) is 0 Å². The Morgan fingerprint density at radius 2 is 1.90 bits per heavy atom. The minimum Gasteiger partial charge on any atom is -0.456 e. The molecule has 3 fully saturated rings. The van der Waals surface area contributed by atoms with Crippen LogP contribution in [0.4, 0.5) is 13.2 Å². The number of benzene rings is 1. The first-order chi connectivity index (χ1) is 14.8. The van der Waals surface area contributed by atoms with Crippen molar-refractivity contribution in [3.8, 4) is 0 Å². The summed E-state index contributed by atoms with van der Waals surface area (Å²) in [7, 11) is 0. The topological polar surface area (TPSA) is 44.8 Å². The molecule has 1 saturated carbocycles. The maximum absolute atomic E-state index is 13.8. The van der Waals surface area contributed by atoms with E-state index in [2.05, 4.69) is 12.1 Å². The zero-order valence-electron chi connectivity index (χ0n) is 17.0. The van der Waals surface area contributed by atoms with Gasteiger partial charge in [-0.05, 0) is 55.1 Å². The molecular weight excluding hydrogens is 409 g/mol. The number of ether oxygens (including phenoxy) is 3. The lowest BCUT2D eigenvalue weighted by molar-refractivity contribution is -0.237. The van der Waals surface area contributed by atoms with Crippen molar-refractivity contribution in [2.75, 3.05) is 6.61 Å². The predicted octanol–water partition coefficient (Wildman–Crippen LogP) is 4.22. The fraction of sp³-hybridized carbons (Fsp3) is 0.625. The molecule has 3 aliphatic carbocycles. The summed E-state index contributed by atoms with van der Waals surface area (Å²) in [6, 6.07) is 8.22. The van der Waals surface area contributed by atoms with Crippen molar-refractivity contribution >= 4 is 5.97 Å². The van der Waals surface area contributed by atoms with Gasteiger partial charge in [0.15, 0.2) is 12.4 Å². The van der Waals surface area contributed by atoms with Crippen LogP contribution in [0.25, 0.3) is 0 Å². The lowest BCUT2D eigenvalue weighted by atomic mass is 9.64. The van der Waals surface area contributed by atoms with E-state index in [1.165, 1.54) is 11.1 Å². The average Bonchev–Trinajstić information content (AvgIpc) is 3.45. The molecular formula is C24H25F3O4. The second kappa shape index (κ2) is 6.82. The molecule has 2 heterocycles. The highest BCUT2D eigenvalue weighted by atomic mass is 19.4. The first-order valence-electron chi connectivity index (χ1n) is 11.1. The van der Waals surface area contributed by atoms with Crippen molar-refractivity contribution in [2.24, 2.45) is 29.1 Å². The molecule has 5 aliphatic rings. The van der Waals surface area contributed by atoms with Crippen molar-refractivity contribution in [3.05, 3.63) is 47.5 Å². The molecule has 4 unspecified atom stereocenters. The van der Waals surface area contributed by atoms with Crippen LogP contribution in [0.1, 0.15) is 30.4 Å². The molecule has 1 aromatic rings. The molecule has 1 spiro atoms. The third-order valence-electron chi connectivity index (χ3n) is 8.16. The fourth-order valence-electron chi connectivity index (χ4n) is 6.81. The highest BCUT2D eigenvalue weighted by molar-refractivity contribution is 5.75. The van der Waals surface area contributed by atoms with Crippen LogP contribution in [0.3, 0.4) is 0 Å². The molecule has 166 valence electrons. The number of fused-ring (bicyclic) bond motifs is 5. The summed E-state index contributed by atoms with van der Waals surface area (Å²) in [5, 5.41) is 0. The van der Waals surface area contributed by atoms with Crippen LogP contribution in [-0.2, 0) is 31.8 Å². The lowest BCUT2D eigenvalue weighted by Gasteiger charge is -2.48. The number of allylic oxidation sites excluding steroid dienone is 2. The molecule has 7 heteroatoms. The van der Waals surface area contributed by atoms with E-state index in [1.54, 1.807) is 12.2 Å². The Morgan fingerprint density at radius 1 is 1.13 bits per heavy atom. The first kappa shape index (κ1) is 19.8. The van der Waals surface area contributed by atoms with Gasteiger partial charge >= 0.3 is 12.1 Å². The number of halogens is 3. The molecule has 0 N–H and O–H groups in total. The molecule has 2 aliphatic heterocycles. The number of carbonyl (C=O) groups is 1. The molecule has 0 aromatic heterocycles.